The van der Waals surface area contributed by atoms with E-state index in [1.165, 1.54) is 6.08 Å². The summed E-state index contributed by atoms with van der Waals surface area (Å²) in [6.07, 6.45) is 14.6. The van der Waals surface area contributed by atoms with Gasteiger partial charge in [-0.15, -0.1) is 0 Å². The van der Waals surface area contributed by atoms with Crippen LogP contribution in [0.4, 0.5) is 5.82 Å². The van der Waals surface area contributed by atoms with Gasteiger partial charge in [-0.2, -0.15) is 5.10 Å². The van der Waals surface area contributed by atoms with E-state index in [1.54, 1.807) is 30.7 Å². The molecule has 1 aliphatic heterocycles. The Morgan fingerprint density at radius 3 is 2.91 bits per heavy atom. The standard InChI is InChI=1S/C26H25ClN6O2/c1-2-23(34)32-13-5-6-19(32)16-33-25-20(14-28-15-21(25)27)24(31-33)17-8-10-18(11-9-17)26(35)30-22-7-3-4-12-29-22/h2-4,7-10,12,14-15,18-19H,1,5-6,11,13,16H2,(H,29,30,35)/t18?,19-/m0/s1. The summed E-state index contributed by atoms with van der Waals surface area (Å²) in [6.45, 7) is 4.88. The number of hydrogen-bond donors (Lipinski definition) is 1. The molecule has 9 heteroatoms. The van der Waals surface area contributed by atoms with E-state index in [0.29, 0.717) is 30.4 Å². The first-order chi connectivity index (χ1) is 17.0. The fourth-order valence-corrected chi connectivity index (χ4v) is 4.97. The van der Waals surface area contributed by atoms with Crippen molar-refractivity contribution >= 4 is 45.7 Å². The van der Waals surface area contributed by atoms with E-state index in [4.69, 9.17) is 16.7 Å². The maximum atomic E-state index is 12.7. The van der Waals surface area contributed by atoms with Gasteiger partial charge in [-0.25, -0.2) is 4.98 Å². The van der Waals surface area contributed by atoms with Crippen LogP contribution in [0.15, 0.2) is 67.7 Å². The second-order valence-corrected chi connectivity index (χ2v) is 9.05. The molecule has 0 saturated carbocycles. The van der Waals surface area contributed by atoms with Crippen LogP contribution in [-0.2, 0) is 16.1 Å². The zero-order valence-corrected chi connectivity index (χ0v) is 19.9. The molecule has 8 nitrogen and oxygen atoms in total. The number of halogens is 1. The monoisotopic (exact) mass is 488 g/mol. The van der Waals surface area contributed by atoms with Gasteiger partial charge in [0.1, 0.15) is 11.5 Å². The molecular weight excluding hydrogens is 464 g/mol. The number of amides is 2. The summed E-state index contributed by atoms with van der Waals surface area (Å²) in [5.41, 5.74) is 2.46. The van der Waals surface area contributed by atoms with Crippen LogP contribution >= 0.6 is 11.6 Å². The third-order valence-corrected chi connectivity index (χ3v) is 6.73. The SMILES string of the molecule is C=CC(=O)N1CCC[C@H]1Cn1nc(C2=CCC(C(=O)Nc3ccccn3)C=C2)c2cncc(Cl)c21. The predicted octanol–water partition coefficient (Wildman–Crippen LogP) is 4.25. The van der Waals surface area contributed by atoms with Gasteiger partial charge in [0.2, 0.25) is 11.8 Å². The minimum absolute atomic E-state index is 0.0243. The number of nitrogens with zero attached hydrogens (tertiary/aromatic N) is 5. The zero-order chi connectivity index (χ0) is 24.4. The molecule has 3 aromatic heterocycles. The van der Waals surface area contributed by atoms with E-state index >= 15 is 0 Å². The van der Waals surface area contributed by atoms with E-state index < -0.39 is 0 Å². The van der Waals surface area contributed by atoms with Crippen LogP contribution in [0.1, 0.15) is 25.0 Å². The largest absolute Gasteiger partial charge is 0.334 e. The first kappa shape index (κ1) is 23.0. The first-order valence-corrected chi connectivity index (χ1v) is 12.0. The molecule has 5 rings (SSSR count). The molecule has 1 N–H and O–H groups in total. The summed E-state index contributed by atoms with van der Waals surface area (Å²) in [5.74, 6) is 0.0586. The number of nitrogens with one attached hydrogen (secondary N) is 1. The number of rotatable bonds is 6. The number of carbonyl (C=O) groups excluding carboxylic acids is 2. The quantitative estimate of drug-likeness (QED) is 0.523. The van der Waals surface area contributed by atoms with Crippen molar-refractivity contribution in [3.8, 4) is 0 Å². The van der Waals surface area contributed by atoms with Gasteiger partial charge in [0.05, 0.1) is 29.0 Å². The molecule has 4 heterocycles. The van der Waals surface area contributed by atoms with E-state index in [9.17, 15) is 9.59 Å². The van der Waals surface area contributed by atoms with Gasteiger partial charge in [0.15, 0.2) is 0 Å². The van der Waals surface area contributed by atoms with Crippen LogP contribution in [0.3, 0.4) is 0 Å². The minimum atomic E-state index is -0.298. The highest BCUT2D eigenvalue weighted by Crippen LogP contribution is 2.33. The smallest absolute Gasteiger partial charge is 0.246 e. The Kier molecular flexibility index (Phi) is 6.46. The van der Waals surface area contributed by atoms with Crippen LogP contribution in [0.2, 0.25) is 5.02 Å². The van der Waals surface area contributed by atoms with E-state index in [-0.39, 0.29) is 23.8 Å². The lowest BCUT2D eigenvalue weighted by molar-refractivity contribution is -0.127. The molecule has 1 unspecified atom stereocenters. The summed E-state index contributed by atoms with van der Waals surface area (Å²) in [6, 6.07) is 5.42. The molecule has 1 saturated heterocycles. The van der Waals surface area contributed by atoms with E-state index in [2.05, 4.69) is 21.9 Å². The topological polar surface area (TPSA) is 93.0 Å². The predicted molar refractivity (Wildman–Crippen MR) is 136 cm³/mol. The molecule has 1 aliphatic carbocycles. The highest BCUT2D eigenvalue weighted by molar-refractivity contribution is 6.35. The number of allylic oxidation sites excluding steroid dienone is 3. The van der Waals surface area contributed by atoms with Crippen molar-refractivity contribution in [1.29, 1.82) is 0 Å². The van der Waals surface area contributed by atoms with Crippen molar-refractivity contribution in [1.82, 2.24) is 24.6 Å². The van der Waals surface area contributed by atoms with Gasteiger partial charge < -0.3 is 10.2 Å². The van der Waals surface area contributed by atoms with Crippen molar-refractivity contribution in [2.24, 2.45) is 5.92 Å². The third kappa shape index (κ3) is 4.61. The Balaban J connectivity index is 1.39. The molecular formula is C26H25ClN6O2. The Morgan fingerprint density at radius 1 is 1.29 bits per heavy atom. The maximum Gasteiger partial charge on any atom is 0.246 e. The number of pyridine rings is 2. The van der Waals surface area contributed by atoms with Crippen LogP contribution in [-0.4, -0.2) is 49.0 Å². The second-order valence-electron chi connectivity index (χ2n) is 8.65. The van der Waals surface area contributed by atoms with E-state index in [0.717, 1.165) is 35.0 Å². The molecule has 0 radical (unpaired) electrons. The normalized spacial score (nSPS) is 19.6. The van der Waals surface area contributed by atoms with E-state index in [1.807, 2.05) is 33.9 Å². The fourth-order valence-electron chi connectivity index (χ4n) is 4.71. The molecule has 35 heavy (non-hydrogen) atoms. The average molecular weight is 489 g/mol. The van der Waals surface area contributed by atoms with Gasteiger partial charge in [0.25, 0.3) is 0 Å². The van der Waals surface area contributed by atoms with Gasteiger partial charge in [0, 0.05) is 30.5 Å². The Bertz CT molecular complexity index is 1350. The number of fused-ring (bicyclic) bond motifs is 1. The van der Waals surface area contributed by atoms with Crippen LogP contribution in [0, 0.1) is 5.92 Å². The summed E-state index contributed by atoms with van der Waals surface area (Å²) < 4.78 is 1.88. The van der Waals surface area contributed by atoms with Crippen molar-refractivity contribution in [3.05, 3.63) is 78.4 Å². The fraction of sp³-hybridized carbons (Fsp3) is 0.269. The summed E-state index contributed by atoms with van der Waals surface area (Å²) in [7, 11) is 0. The summed E-state index contributed by atoms with van der Waals surface area (Å²) >= 11 is 6.55. The molecule has 2 aliphatic rings. The number of likely N-dealkylation sites (tertiary alicyclic amines) is 1. The lowest BCUT2D eigenvalue weighted by Crippen LogP contribution is -2.37. The third-order valence-electron chi connectivity index (χ3n) is 6.45. The molecule has 0 aromatic carbocycles. The average Bonchev–Trinajstić information content (AvgIpc) is 3.50. The highest BCUT2D eigenvalue weighted by Gasteiger charge is 2.29. The lowest BCUT2D eigenvalue weighted by atomic mass is 9.94. The number of aromatic nitrogens is 4. The molecule has 2 amide bonds. The Labute approximate surface area is 208 Å². The molecule has 3 aromatic rings. The number of carbonyl (C=O) groups is 2. The van der Waals surface area contributed by atoms with Gasteiger partial charge in [-0.3, -0.25) is 19.3 Å². The number of hydrogen-bond acceptors (Lipinski definition) is 5. The lowest BCUT2D eigenvalue weighted by Gasteiger charge is -2.23. The summed E-state index contributed by atoms with van der Waals surface area (Å²) in [4.78, 5) is 35.2. The molecule has 2 atom stereocenters. The van der Waals surface area contributed by atoms with Gasteiger partial charge >= 0.3 is 0 Å². The number of anilines is 1. The zero-order valence-electron chi connectivity index (χ0n) is 19.1. The minimum Gasteiger partial charge on any atom is -0.334 e. The molecule has 0 spiro atoms. The van der Waals surface area contributed by atoms with Gasteiger partial charge in [-0.1, -0.05) is 42.5 Å². The van der Waals surface area contributed by atoms with Crippen LogP contribution < -0.4 is 5.32 Å². The molecule has 0 bridgehead atoms. The van der Waals surface area contributed by atoms with Crippen LogP contribution in [0.5, 0.6) is 0 Å². The van der Waals surface area contributed by atoms with Crippen molar-refractivity contribution in [2.45, 2.75) is 31.8 Å². The van der Waals surface area contributed by atoms with Crippen LogP contribution in [0.25, 0.3) is 16.5 Å². The first-order valence-electron chi connectivity index (χ1n) is 11.6. The van der Waals surface area contributed by atoms with Crippen molar-refractivity contribution in [3.63, 3.8) is 0 Å². The molecule has 1 fully saturated rings. The Hall–Kier alpha value is -3.78. The highest BCUT2D eigenvalue weighted by atomic mass is 35.5. The second kappa shape index (κ2) is 9.84. The van der Waals surface area contributed by atoms with Crippen molar-refractivity contribution in [2.75, 3.05) is 11.9 Å². The Morgan fingerprint density at radius 2 is 2.17 bits per heavy atom. The van der Waals surface area contributed by atoms with Crippen molar-refractivity contribution < 1.29 is 9.59 Å². The summed E-state index contributed by atoms with van der Waals surface area (Å²) in [5, 5.41) is 9.09. The maximum absolute atomic E-state index is 12.7. The molecule has 178 valence electrons. The van der Waals surface area contributed by atoms with Gasteiger partial charge in [-0.05, 0) is 43.0 Å².